The Morgan fingerprint density at radius 3 is 2.74 bits per heavy atom. The lowest BCUT2D eigenvalue weighted by molar-refractivity contribution is 0.0697. The van der Waals surface area contributed by atoms with Crippen LogP contribution in [-0.2, 0) is 0 Å². The fourth-order valence-electron chi connectivity index (χ4n) is 1.79. The number of carbonyl (C=O) groups is 1. The van der Waals surface area contributed by atoms with Gasteiger partial charge in [0.05, 0.1) is 0 Å². The summed E-state index contributed by atoms with van der Waals surface area (Å²) in [6, 6.07) is 7.73. The Balaban J connectivity index is 2.52. The molecule has 5 nitrogen and oxygen atoms in total. The van der Waals surface area contributed by atoms with E-state index in [2.05, 4.69) is 15.3 Å². The van der Waals surface area contributed by atoms with Gasteiger partial charge in [0, 0.05) is 18.3 Å². The SMILES string of the molecule is CCNc1nc(-c2ccccc2C)ncc1C(=O)O. The van der Waals surface area contributed by atoms with Crippen LogP contribution < -0.4 is 5.32 Å². The third kappa shape index (κ3) is 2.70. The van der Waals surface area contributed by atoms with Crippen molar-refractivity contribution in [3.8, 4) is 11.4 Å². The van der Waals surface area contributed by atoms with Gasteiger partial charge in [-0.25, -0.2) is 14.8 Å². The fourth-order valence-corrected chi connectivity index (χ4v) is 1.79. The maximum absolute atomic E-state index is 11.1. The second-order valence-electron chi connectivity index (χ2n) is 4.11. The van der Waals surface area contributed by atoms with Crippen molar-refractivity contribution in [3.05, 3.63) is 41.6 Å². The predicted octanol–water partition coefficient (Wildman–Crippen LogP) is 2.58. The largest absolute Gasteiger partial charge is 0.477 e. The molecule has 0 aliphatic rings. The zero-order valence-corrected chi connectivity index (χ0v) is 10.8. The summed E-state index contributed by atoms with van der Waals surface area (Å²) in [5.41, 5.74) is 2.03. The zero-order valence-electron chi connectivity index (χ0n) is 10.8. The minimum Gasteiger partial charge on any atom is -0.477 e. The topological polar surface area (TPSA) is 75.1 Å². The van der Waals surface area contributed by atoms with Crippen molar-refractivity contribution in [2.75, 3.05) is 11.9 Å². The van der Waals surface area contributed by atoms with Crippen molar-refractivity contribution in [3.63, 3.8) is 0 Å². The molecule has 1 heterocycles. The highest BCUT2D eigenvalue weighted by molar-refractivity contribution is 5.93. The summed E-state index contributed by atoms with van der Waals surface area (Å²) in [5, 5.41) is 12.0. The van der Waals surface area contributed by atoms with Crippen molar-refractivity contribution in [1.29, 1.82) is 0 Å². The Labute approximate surface area is 111 Å². The fraction of sp³-hybridized carbons (Fsp3) is 0.214. The maximum Gasteiger partial charge on any atom is 0.341 e. The summed E-state index contributed by atoms with van der Waals surface area (Å²) in [6.07, 6.45) is 1.34. The quantitative estimate of drug-likeness (QED) is 0.880. The van der Waals surface area contributed by atoms with E-state index in [0.717, 1.165) is 11.1 Å². The van der Waals surface area contributed by atoms with Crippen LogP contribution in [0.1, 0.15) is 22.8 Å². The number of carboxylic acid groups (broad SMARTS) is 1. The highest BCUT2D eigenvalue weighted by Gasteiger charge is 2.14. The monoisotopic (exact) mass is 257 g/mol. The molecule has 0 aliphatic heterocycles. The van der Waals surface area contributed by atoms with E-state index in [1.54, 1.807) is 0 Å². The van der Waals surface area contributed by atoms with Crippen LogP contribution in [0.3, 0.4) is 0 Å². The van der Waals surface area contributed by atoms with E-state index in [1.807, 2.05) is 38.1 Å². The van der Waals surface area contributed by atoms with Gasteiger partial charge in [0.25, 0.3) is 0 Å². The van der Waals surface area contributed by atoms with E-state index in [4.69, 9.17) is 5.11 Å². The van der Waals surface area contributed by atoms with Gasteiger partial charge in [0.2, 0.25) is 0 Å². The number of anilines is 1. The second-order valence-corrected chi connectivity index (χ2v) is 4.11. The molecule has 0 saturated heterocycles. The summed E-state index contributed by atoms with van der Waals surface area (Å²) in [5.74, 6) is -0.158. The number of nitrogens with zero attached hydrogens (tertiary/aromatic N) is 2. The molecule has 0 radical (unpaired) electrons. The lowest BCUT2D eigenvalue weighted by Crippen LogP contribution is -2.09. The number of rotatable bonds is 4. The average molecular weight is 257 g/mol. The van der Waals surface area contributed by atoms with Crippen LogP contribution in [0, 0.1) is 6.92 Å². The van der Waals surface area contributed by atoms with Gasteiger partial charge in [-0.2, -0.15) is 0 Å². The van der Waals surface area contributed by atoms with Crippen molar-refractivity contribution < 1.29 is 9.90 Å². The Kier molecular flexibility index (Phi) is 3.75. The summed E-state index contributed by atoms with van der Waals surface area (Å²) in [4.78, 5) is 19.5. The molecule has 19 heavy (non-hydrogen) atoms. The minimum atomic E-state index is -1.03. The molecule has 0 aliphatic carbocycles. The molecule has 0 bridgehead atoms. The molecular weight excluding hydrogens is 242 g/mol. The highest BCUT2D eigenvalue weighted by atomic mass is 16.4. The van der Waals surface area contributed by atoms with Gasteiger partial charge < -0.3 is 10.4 Å². The van der Waals surface area contributed by atoms with Crippen molar-refractivity contribution in [1.82, 2.24) is 9.97 Å². The van der Waals surface area contributed by atoms with Crippen molar-refractivity contribution >= 4 is 11.8 Å². The third-order valence-corrected chi connectivity index (χ3v) is 2.75. The van der Waals surface area contributed by atoms with Gasteiger partial charge in [0.1, 0.15) is 11.4 Å². The first-order valence-electron chi connectivity index (χ1n) is 6.03. The van der Waals surface area contributed by atoms with Gasteiger partial charge in [-0.05, 0) is 19.4 Å². The normalized spacial score (nSPS) is 10.2. The summed E-state index contributed by atoms with van der Waals surface area (Å²) in [7, 11) is 0. The van der Waals surface area contributed by atoms with Crippen LogP contribution in [0.4, 0.5) is 5.82 Å². The van der Waals surface area contributed by atoms with E-state index < -0.39 is 5.97 Å². The zero-order chi connectivity index (χ0) is 13.8. The van der Waals surface area contributed by atoms with Crippen LogP contribution in [-0.4, -0.2) is 27.6 Å². The molecule has 0 fully saturated rings. The molecule has 1 aromatic carbocycles. The number of carboxylic acids is 1. The van der Waals surface area contributed by atoms with Gasteiger partial charge in [0.15, 0.2) is 5.82 Å². The number of nitrogens with one attached hydrogen (secondary N) is 1. The molecule has 0 atom stereocenters. The molecule has 2 rings (SSSR count). The summed E-state index contributed by atoms with van der Waals surface area (Å²) < 4.78 is 0. The number of hydrogen-bond donors (Lipinski definition) is 2. The molecule has 2 N–H and O–H groups in total. The number of aryl methyl sites for hydroxylation is 1. The maximum atomic E-state index is 11.1. The number of benzene rings is 1. The van der Waals surface area contributed by atoms with Crippen LogP contribution >= 0.6 is 0 Å². The van der Waals surface area contributed by atoms with Crippen molar-refractivity contribution in [2.45, 2.75) is 13.8 Å². The molecule has 0 unspecified atom stereocenters. The van der Waals surface area contributed by atoms with Crippen LogP contribution in [0.15, 0.2) is 30.5 Å². The molecule has 0 saturated carbocycles. The molecule has 1 aromatic heterocycles. The van der Waals surface area contributed by atoms with Gasteiger partial charge in [-0.15, -0.1) is 0 Å². The lowest BCUT2D eigenvalue weighted by atomic mass is 10.1. The van der Waals surface area contributed by atoms with Crippen LogP contribution in [0.2, 0.25) is 0 Å². The van der Waals surface area contributed by atoms with Crippen molar-refractivity contribution in [2.24, 2.45) is 0 Å². The first-order chi connectivity index (χ1) is 9.13. The van der Waals surface area contributed by atoms with E-state index in [-0.39, 0.29) is 5.56 Å². The van der Waals surface area contributed by atoms with Gasteiger partial charge in [-0.3, -0.25) is 0 Å². The average Bonchev–Trinajstić information content (AvgIpc) is 2.39. The molecule has 0 amide bonds. The number of aromatic nitrogens is 2. The molecule has 98 valence electrons. The Morgan fingerprint density at radius 2 is 2.11 bits per heavy atom. The second kappa shape index (κ2) is 5.48. The Hall–Kier alpha value is -2.43. The first kappa shape index (κ1) is 13.0. The van der Waals surface area contributed by atoms with E-state index >= 15 is 0 Å². The Bertz CT molecular complexity index is 611. The molecular formula is C14H15N3O2. The van der Waals surface area contributed by atoms with Gasteiger partial charge >= 0.3 is 5.97 Å². The van der Waals surface area contributed by atoms with Crippen LogP contribution in [0.25, 0.3) is 11.4 Å². The highest BCUT2D eigenvalue weighted by Crippen LogP contribution is 2.22. The smallest absolute Gasteiger partial charge is 0.341 e. The van der Waals surface area contributed by atoms with E-state index in [9.17, 15) is 4.79 Å². The Morgan fingerprint density at radius 1 is 1.37 bits per heavy atom. The van der Waals surface area contributed by atoms with Crippen LogP contribution in [0.5, 0.6) is 0 Å². The lowest BCUT2D eigenvalue weighted by Gasteiger charge is -2.09. The first-order valence-corrected chi connectivity index (χ1v) is 6.03. The van der Waals surface area contributed by atoms with E-state index in [1.165, 1.54) is 6.20 Å². The third-order valence-electron chi connectivity index (χ3n) is 2.75. The molecule has 5 heteroatoms. The van der Waals surface area contributed by atoms with Gasteiger partial charge in [-0.1, -0.05) is 24.3 Å². The summed E-state index contributed by atoms with van der Waals surface area (Å²) >= 11 is 0. The predicted molar refractivity (Wildman–Crippen MR) is 73.3 cm³/mol. The standard InChI is InChI=1S/C14H15N3O2/c1-3-15-13-11(14(18)19)8-16-12(17-13)10-7-5-4-6-9(10)2/h4-8H,3H2,1-2H3,(H,18,19)(H,15,16,17). The summed E-state index contributed by atoms with van der Waals surface area (Å²) in [6.45, 7) is 4.46. The molecule has 0 spiro atoms. The number of hydrogen-bond acceptors (Lipinski definition) is 4. The molecule has 2 aromatic rings. The minimum absolute atomic E-state index is 0.0826. The van der Waals surface area contributed by atoms with E-state index in [0.29, 0.717) is 18.2 Å². The number of aromatic carboxylic acids is 1.